The molecular formula is C13H26N2O. The van der Waals surface area contributed by atoms with Gasteiger partial charge in [0.05, 0.1) is 0 Å². The molecule has 94 valence electrons. The van der Waals surface area contributed by atoms with Crippen molar-refractivity contribution < 1.29 is 4.79 Å². The minimum absolute atomic E-state index is 0.0897. The molecule has 1 aliphatic rings. The molecule has 0 saturated carbocycles. The Morgan fingerprint density at radius 1 is 1.50 bits per heavy atom. The van der Waals surface area contributed by atoms with Gasteiger partial charge in [-0.15, -0.1) is 0 Å². The number of likely N-dealkylation sites (tertiary alicyclic amines) is 1. The summed E-state index contributed by atoms with van der Waals surface area (Å²) < 4.78 is 0. The standard InChI is InChI=1S/C13H26N2O/c1-5-13(3,4)15-8-6-7-12(10-15)9-14-11(2)16/h12H,5-10H2,1-4H3,(H,14,16). The summed E-state index contributed by atoms with van der Waals surface area (Å²) in [6.07, 6.45) is 3.68. The van der Waals surface area contributed by atoms with Gasteiger partial charge in [0.15, 0.2) is 0 Å². The molecule has 0 aromatic carbocycles. The van der Waals surface area contributed by atoms with E-state index in [1.54, 1.807) is 6.92 Å². The zero-order chi connectivity index (χ0) is 12.2. The Bertz CT molecular complexity index is 238. The molecule has 1 N–H and O–H groups in total. The minimum atomic E-state index is 0.0897. The average Bonchev–Trinajstić information content (AvgIpc) is 2.27. The Morgan fingerprint density at radius 2 is 2.19 bits per heavy atom. The van der Waals surface area contributed by atoms with E-state index in [2.05, 4.69) is 31.0 Å². The van der Waals surface area contributed by atoms with Gasteiger partial charge in [-0.05, 0) is 45.6 Å². The van der Waals surface area contributed by atoms with Crippen molar-refractivity contribution in [2.24, 2.45) is 5.92 Å². The number of nitrogens with zero attached hydrogens (tertiary/aromatic N) is 1. The molecule has 0 radical (unpaired) electrons. The van der Waals surface area contributed by atoms with Gasteiger partial charge < -0.3 is 5.32 Å². The molecule has 0 spiro atoms. The number of rotatable bonds is 4. The van der Waals surface area contributed by atoms with Crippen LogP contribution >= 0.6 is 0 Å². The van der Waals surface area contributed by atoms with E-state index in [0.717, 1.165) is 13.1 Å². The molecule has 3 nitrogen and oxygen atoms in total. The quantitative estimate of drug-likeness (QED) is 0.795. The molecule has 1 unspecified atom stereocenters. The first-order valence-electron chi connectivity index (χ1n) is 6.45. The fraction of sp³-hybridized carbons (Fsp3) is 0.923. The van der Waals surface area contributed by atoms with Crippen molar-refractivity contribution >= 4 is 5.91 Å². The summed E-state index contributed by atoms with van der Waals surface area (Å²) in [5.74, 6) is 0.718. The highest BCUT2D eigenvalue weighted by molar-refractivity contribution is 5.72. The summed E-state index contributed by atoms with van der Waals surface area (Å²) in [5, 5.41) is 2.94. The van der Waals surface area contributed by atoms with E-state index in [0.29, 0.717) is 11.5 Å². The van der Waals surface area contributed by atoms with E-state index in [1.165, 1.54) is 25.8 Å². The molecule has 1 rings (SSSR count). The summed E-state index contributed by atoms with van der Waals surface area (Å²) in [7, 11) is 0. The number of nitrogens with one attached hydrogen (secondary N) is 1. The molecular weight excluding hydrogens is 200 g/mol. The first kappa shape index (κ1) is 13.5. The minimum Gasteiger partial charge on any atom is -0.356 e. The van der Waals surface area contributed by atoms with E-state index < -0.39 is 0 Å². The lowest BCUT2D eigenvalue weighted by Gasteiger charge is -2.43. The number of hydrogen-bond donors (Lipinski definition) is 1. The monoisotopic (exact) mass is 226 g/mol. The van der Waals surface area contributed by atoms with Crippen molar-refractivity contribution in [3.8, 4) is 0 Å². The smallest absolute Gasteiger partial charge is 0.216 e. The van der Waals surface area contributed by atoms with Crippen LogP contribution in [0.3, 0.4) is 0 Å². The summed E-state index contributed by atoms with van der Waals surface area (Å²) >= 11 is 0. The summed E-state index contributed by atoms with van der Waals surface area (Å²) in [6.45, 7) is 11.6. The third-order valence-corrected chi connectivity index (χ3v) is 3.88. The van der Waals surface area contributed by atoms with Crippen molar-refractivity contribution in [2.75, 3.05) is 19.6 Å². The fourth-order valence-corrected chi connectivity index (χ4v) is 2.29. The third kappa shape index (κ3) is 3.78. The average molecular weight is 226 g/mol. The first-order chi connectivity index (χ1) is 7.45. The molecule has 0 aliphatic carbocycles. The van der Waals surface area contributed by atoms with E-state index in [1.807, 2.05) is 0 Å². The summed E-state index contributed by atoms with van der Waals surface area (Å²) in [4.78, 5) is 13.5. The van der Waals surface area contributed by atoms with Gasteiger partial charge in [0.1, 0.15) is 0 Å². The van der Waals surface area contributed by atoms with E-state index >= 15 is 0 Å². The Morgan fingerprint density at radius 3 is 2.75 bits per heavy atom. The Balaban J connectivity index is 2.44. The van der Waals surface area contributed by atoms with Gasteiger partial charge in [-0.1, -0.05) is 6.92 Å². The van der Waals surface area contributed by atoms with E-state index in [9.17, 15) is 4.79 Å². The van der Waals surface area contributed by atoms with Gasteiger partial charge in [0, 0.05) is 25.6 Å². The second-order valence-corrected chi connectivity index (χ2v) is 5.56. The van der Waals surface area contributed by atoms with Crippen LogP contribution in [-0.2, 0) is 4.79 Å². The van der Waals surface area contributed by atoms with E-state index in [-0.39, 0.29) is 5.91 Å². The summed E-state index contributed by atoms with van der Waals surface area (Å²) in [6, 6.07) is 0. The lowest BCUT2D eigenvalue weighted by atomic mass is 9.91. The van der Waals surface area contributed by atoms with Gasteiger partial charge in [0.2, 0.25) is 5.91 Å². The summed E-state index contributed by atoms with van der Waals surface area (Å²) in [5.41, 5.74) is 0.300. The molecule has 1 atom stereocenters. The molecule has 1 heterocycles. The fourth-order valence-electron chi connectivity index (χ4n) is 2.29. The predicted molar refractivity (Wildman–Crippen MR) is 67.4 cm³/mol. The molecule has 1 fully saturated rings. The highest BCUT2D eigenvalue weighted by atomic mass is 16.1. The van der Waals surface area contributed by atoms with Crippen LogP contribution in [0.2, 0.25) is 0 Å². The largest absolute Gasteiger partial charge is 0.356 e. The first-order valence-corrected chi connectivity index (χ1v) is 6.45. The van der Waals surface area contributed by atoms with Crippen molar-refractivity contribution in [1.82, 2.24) is 10.2 Å². The second-order valence-electron chi connectivity index (χ2n) is 5.56. The SMILES string of the molecule is CCC(C)(C)N1CCCC(CNC(C)=O)C1. The topological polar surface area (TPSA) is 32.3 Å². The molecule has 1 amide bonds. The van der Waals surface area contributed by atoms with Crippen molar-refractivity contribution in [3.05, 3.63) is 0 Å². The molecule has 0 aromatic heterocycles. The van der Waals surface area contributed by atoms with Gasteiger partial charge in [0.25, 0.3) is 0 Å². The zero-order valence-corrected chi connectivity index (χ0v) is 11.2. The van der Waals surface area contributed by atoms with Crippen LogP contribution in [0.4, 0.5) is 0 Å². The number of hydrogen-bond acceptors (Lipinski definition) is 2. The highest BCUT2D eigenvalue weighted by Crippen LogP contribution is 2.25. The van der Waals surface area contributed by atoms with Crippen LogP contribution in [0.1, 0.15) is 47.0 Å². The van der Waals surface area contributed by atoms with E-state index in [4.69, 9.17) is 0 Å². The molecule has 3 heteroatoms. The van der Waals surface area contributed by atoms with Gasteiger partial charge >= 0.3 is 0 Å². The molecule has 0 aromatic rings. The van der Waals surface area contributed by atoms with Gasteiger partial charge in [-0.2, -0.15) is 0 Å². The predicted octanol–water partition coefficient (Wildman–Crippen LogP) is 2.02. The number of amides is 1. The van der Waals surface area contributed by atoms with Crippen LogP contribution in [0.15, 0.2) is 0 Å². The molecule has 1 aliphatic heterocycles. The van der Waals surface area contributed by atoms with Crippen LogP contribution in [-0.4, -0.2) is 36.0 Å². The van der Waals surface area contributed by atoms with Crippen LogP contribution in [0.25, 0.3) is 0 Å². The second kappa shape index (κ2) is 5.67. The van der Waals surface area contributed by atoms with Crippen molar-refractivity contribution in [1.29, 1.82) is 0 Å². The maximum Gasteiger partial charge on any atom is 0.216 e. The third-order valence-electron chi connectivity index (χ3n) is 3.88. The van der Waals surface area contributed by atoms with Gasteiger partial charge in [-0.25, -0.2) is 0 Å². The van der Waals surface area contributed by atoms with Gasteiger partial charge in [-0.3, -0.25) is 9.69 Å². The number of carbonyl (C=O) groups is 1. The highest BCUT2D eigenvalue weighted by Gasteiger charge is 2.29. The zero-order valence-electron chi connectivity index (χ0n) is 11.2. The molecule has 1 saturated heterocycles. The normalized spacial score (nSPS) is 23.1. The Kier molecular flexibility index (Phi) is 4.78. The maximum absolute atomic E-state index is 10.9. The molecule has 0 bridgehead atoms. The Hall–Kier alpha value is -0.570. The maximum atomic E-state index is 10.9. The lowest BCUT2D eigenvalue weighted by Crippen LogP contribution is -2.50. The van der Waals surface area contributed by atoms with Crippen molar-refractivity contribution in [2.45, 2.75) is 52.5 Å². The number of piperidine rings is 1. The number of carbonyl (C=O) groups excluding carboxylic acids is 1. The molecule has 16 heavy (non-hydrogen) atoms. The lowest BCUT2D eigenvalue weighted by molar-refractivity contribution is -0.119. The Labute approximate surface area is 99.6 Å². The van der Waals surface area contributed by atoms with Crippen LogP contribution < -0.4 is 5.32 Å². The van der Waals surface area contributed by atoms with Crippen molar-refractivity contribution in [3.63, 3.8) is 0 Å². The van der Waals surface area contributed by atoms with Crippen LogP contribution in [0.5, 0.6) is 0 Å². The van der Waals surface area contributed by atoms with Crippen LogP contribution in [0, 0.1) is 5.92 Å².